The van der Waals surface area contributed by atoms with Crippen LogP contribution in [0.25, 0.3) is 0 Å². The molecule has 3 nitrogen and oxygen atoms in total. The predicted octanol–water partition coefficient (Wildman–Crippen LogP) is 2.05. The fraction of sp³-hybridized carbons (Fsp3) is 0.600. The van der Waals surface area contributed by atoms with Gasteiger partial charge in [0.15, 0.2) is 0 Å². The van der Waals surface area contributed by atoms with Crippen molar-refractivity contribution in [3.05, 3.63) is 23.7 Å². The Kier molecular flexibility index (Phi) is 3.12. The van der Waals surface area contributed by atoms with Gasteiger partial charge >= 0.3 is 0 Å². The molecule has 3 heteroatoms. The van der Waals surface area contributed by atoms with Gasteiger partial charge in [0, 0.05) is 12.1 Å². The van der Waals surface area contributed by atoms with Gasteiger partial charge in [0.25, 0.3) is 0 Å². The minimum absolute atomic E-state index is 0.140. The van der Waals surface area contributed by atoms with E-state index in [9.17, 15) is 0 Å². The zero-order valence-electron chi connectivity index (χ0n) is 8.46. The molecule has 0 aliphatic carbocycles. The van der Waals surface area contributed by atoms with Gasteiger partial charge in [0.1, 0.15) is 12.4 Å². The average molecular weight is 183 g/mol. The van der Waals surface area contributed by atoms with Crippen LogP contribution in [-0.2, 0) is 17.9 Å². The molecule has 0 amide bonds. The minimum Gasteiger partial charge on any atom is -0.467 e. The molecule has 0 aliphatic heterocycles. The topological polar surface area (TPSA) is 48.4 Å². The Labute approximate surface area is 78.9 Å². The molecule has 0 radical (unpaired) electrons. The number of furan rings is 1. The van der Waals surface area contributed by atoms with E-state index in [1.165, 1.54) is 0 Å². The molecule has 1 rings (SSSR count). The van der Waals surface area contributed by atoms with Crippen LogP contribution in [0.5, 0.6) is 0 Å². The standard InChI is InChI=1S/C10H17NO2/c1-10(2,3)13-7-9-8(6-11)4-5-12-9/h4-5H,6-7,11H2,1-3H3. The van der Waals surface area contributed by atoms with Crippen LogP contribution < -0.4 is 5.73 Å². The molecule has 0 saturated carbocycles. The van der Waals surface area contributed by atoms with Gasteiger partial charge in [-0.05, 0) is 26.8 Å². The molecule has 1 heterocycles. The monoisotopic (exact) mass is 183 g/mol. The van der Waals surface area contributed by atoms with E-state index in [4.69, 9.17) is 14.9 Å². The van der Waals surface area contributed by atoms with Crippen LogP contribution >= 0.6 is 0 Å². The fourth-order valence-electron chi connectivity index (χ4n) is 0.958. The lowest BCUT2D eigenvalue weighted by atomic mass is 10.2. The normalized spacial score (nSPS) is 12.0. The summed E-state index contributed by atoms with van der Waals surface area (Å²) in [7, 11) is 0. The maximum absolute atomic E-state index is 5.57. The maximum Gasteiger partial charge on any atom is 0.133 e. The van der Waals surface area contributed by atoms with Crippen LogP contribution in [0.3, 0.4) is 0 Å². The van der Waals surface area contributed by atoms with Crippen LogP contribution in [0.1, 0.15) is 32.1 Å². The molecule has 2 N–H and O–H groups in total. The van der Waals surface area contributed by atoms with Crippen molar-refractivity contribution in [1.82, 2.24) is 0 Å². The van der Waals surface area contributed by atoms with Gasteiger partial charge in [-0.2, -0.15) is 0 Å². The lowest BCUT2D eigenvalue weighted by Crippen LogP contribution is -2.19. The largest absolute Gasteiger partial charge is 0.467 e. The molecule has 0 bridgehead atoms. The smallest absolute Gasteiger partial charge is 0.133 e. The van der Waals surface area contributed by atoms with Crippen molar-refractivity contribution in [2.45, 2.75) is 39.5 Å². The first-order valence-electron chi connectivity index (χ1n) is 4.42. The van der Waals surface area contributed by atoms with Crippen molar-refractivity contribution in [3.8, 4) is 0 Å². The summed E-state index contributed by atoms with van der Waals surface area (Å²) >= 11 is 0. The molecule has 74 valence electrons. The first-order chi connectivity index (χ1) is 6.03. The zero-order valence-corrected chi connectivity index (χ0v) is 8.46. The molecular weight excluding hydrogens is 166 g/mol. The van der Waals surface area contributed by atoms with Crippen molar-refractivity contribution < 1.29 is 9.15 Å². The van der Waals surface area contributed by atoms with E-state index < -0.39 is 0 Å². The number of hydrogen-bond donors (Lipinski definition) is 1. The molecule has 13 heavy (non-hydrogen) atoms. The highest BCUT2D eigenvalue weighted by molar-refractivity contribution is 5.15. The fourth-order valence-corrected chi connectivity index (χ4v) is 0.958. The summed E-state index contributed by atoms with van der Waals surface area (Å²) < 4.78 is 10.8. The molecule has 1 aromatic rings. The van der Waals surface area contributed by atoms with Gasteiger partial charge in [-0.15, -0.1) is 0 Å². The van der Waals surface area contributed by atoms with E-state index in [1.807, 2.05) is 26.8 Å². The third-order valence-electron chi connectivity index (χ3n) is 1.69. The van der Waals surface area contributed by atoms with Crippen LogP contribution in [0.4, 0.5) is 0 Å². The Morgan fingerprint density at radius 2 is 2.15 bits per heavy atom. The highest BCUT2D eigenvalue weighted by Crippen LogP contribution is 2.15. The van der Waals surface area contributed by atoms with Gasteiger partial charge in [-0.25, -0.2) is 0 Å². The summed E-state index contributed by atoms with van der Waals surface area (Å²) in [5.74, 6) is 0.831. The molecule has 0 saturated heterocycles. The number of nitrogens with two attached hydrogens (primary N) is 1. The molecule has 1 aromatic heterocycles. The minimum atomic E-state index is -0.140. The van der Waals surface area contributed by atoms with Gasteiger partial charge in [-0.3, -0.25) is 0 Å². The molecule has 0 unspecified atom stereocenters. The van der Waals surface area contributed by atoms with Crippen LogP contribution in [-0.4, -0.2) is 5.60 Å². The lowest BCUT2D eigenvalue weighted by Gasteiger charge is -2.18. The van der Waals surface area contributed by atoms with Gasteiger partial charge in [0.2, 0.25) is 0 Å². The quantitative estimate of drug-likeness (QED) is 0.780. The van der Waals surface area contributed by atoms with Crippen LogP contribution in [0.15, 0.2) is 16.7 Å². The lowest BCUT2D eigenvalue weighted by molar-refractivity contribution is -0.0227. The number of rotatable bonds is 3. The van der Waals surface area contributed by atoms with E-state index in [1.54, 1.807) is 6.26 Å². The van der Waals surface area contributed by atoms with E-state index >= 15 is 0 Å². The summed E-state index contributed by atoms with van der Waals surface area (Å²) in [6, 6.07) is 1.88. The molecule has 0 spiro atoms. The molecule has 0 aliphatic rings. The number of hydrogen-bond acceptors (Lipinski definition) is 3. The molecule has 0 atom stereocenters. The first-order valence-corrected chi connectivity index (χ1v) is 4.42. The van der Waals surface area contributed by atoms with Crippen LogP contribution in [0, 0.1) is 0 Å². The van der Waals surface area contributed by atoms with Gasteiger partial charge in [0.05, 0.1) is 11.9 Å². The summed E-state index contributed by atoms with van der Waals surface area (Å²) in [5, 5.41) is 0. The second-order valence-corrected chi connectivity index (χ2v) is 3.97. The molecule has 0 fully saturated rings. The third kappa shape index (κ3) is 3.20. The second-order valence-electron chi connectivity index (χ2n) is 3.97. The summed E-state index contributed by atoms with van der Waals surface area (Å²) in [5.41, 5.74) is 6.40. The van der Waals surface area contributed by atoms with Crippen molar-refractivity contribution in [2.75, 3.05) is 0 Å². The summed E-state index contributed by atoms with van der Waals surface area (Å²) in [6.07, 6.45) is 1.64. The highest BCUT2D eigenvalue weighted by Gasteiger charge is 2.12. The van der Waals surface area contributed by atoms with E-state index in [2.05, 4.69) is 0 Å². The predicted molar refractivity (Wildman–Crippen MR) is 51.1 cm³/mol. The van der Waals surface area contributed by atoms with Crippen molar-refractivity contribution in [2.24, 2.45) is 5.73 Å². The average Bonchev–Trinajstić information content (AvgIpc) is 2.46. The van der Waals surface area contributed by atoms with Gasteiger partial charge in [-0.1, -0.05) is 0 Å². The first kappa shape index (κ1) is 10.3. The molecular formula is C10H17NO2. The van der Waals surface area contributed by atoms with E-state index in [-0.39, 0.29) is 5.60 Å². The molecule has 0 aromatic carbocycles. The zero-order chi connectivity index (χ0) is 9.90. The Morgan fingerprint density at radius 1 is 1.46 bits per heavy atom. The summed E-state index contributed by atoms with van der Waals surface area (Å²) in [6.45, 7) is 7.02. The third-order valence-corrected chi connectivity index (χ3v) is 1.69. The van der Waals surface area contributed by atoms with Crippen LogP contribution in [0.2, 0.25) is 0 Å². The SMILES string of the molecule is CC(C)(C)OCc1occc1CN. The van der Waals surface area contributed by atoms with Gasteiger partial charge < -0.3 is 14.9 Å². The van der Waals surface area contributed by atoms with Crippen molar-refractivity contribution >= 4 is 0 Å². The Bertz CT molecular complexity index is 260. The maximum atomic E-state index is 5.57. The Hall–Kier alpha value is -0.800. The Morgan fingerprint density at radius 3 is 2.69 bits per heavy atom. The summed E-state index contributed by atoms with van der Waals surface area (Å²) in [4.78, 5) is 0. The van der Waals surface area contributed by atoms with Crippen molar-refractivity contribution in [1.29, 1.82) is 0 Å². The van der Waals surface area contributed by atoms with E-state index in [0.717, 1.165) is 11.3 Å². The van der Waals surface area contributed by atoms with Crippen molar-refractivity contribution in [3.63, 3.8) is 0 Å². The number of ether oxygens (including phenoxy) is 1. The highest BCUT2D eigenvalue weighted by atomic mass is 16.5. The second kappa shape index (κ2) is 3.94. The van der Waals surface area contributed by atoms with E-state index in [0.29, 0.717) is 13.2 Å². The Balaban J connectivity index is 2.54.